The Morgan fingerprint density at radius 3 is 2.20 bits per heavy atom. The van der Waals surface area contributed by atoms with Crippen LogP contribution in [0.2, 0.25) is 0 Å². The molecule has 6 heteroatoms. The summed E-state index contributed by atoms with van der Waals surface area (Å²) in [5, 5.41) is 0. The van der Waals surface area contributed by atoms with Crippen LogP contribution < -0.4 is 4.72 Å². The van der Waals surface area contributed by atoms with E-state index < -0.39 is 10.0 Å². The lowest BCUT2D eigenvalue weighted by molar-refractivity contribution is 0.233. The third-order valence-electron chi connectivity index (χ3n) is 2.29. The summed E-state index contributed by atoms with van der Waals surface area (Å²) in [7, 11) is 0.688. The number of sulfonamides is 1. The Morgan fingerprint density at radius 2 is 1.87 bits per heavy atom. The predicted octanol–water partition coefficient (Wildman–Crippen LogP) is 0.731. The second-order valence-electron chi connectivity index (χ2n) is 4.13. The lowest BCUT2D eigenvalue weighted by atomic mass is 10.0. The molecule has 0 heterocycles. The maximum atomic E-state index is 11.4. The highest BCUT2D eigenvalue weighted by Crippen LogP contribution is 2.06. The Balaban J connectivity index is 4.22. The first-order valence-electron chi connectivity index (χ1n) is 5.00. The van der Waals surface area contributed by atoms with Gasteiger partial charge in [-0.3, -0.25) is 0 Å². The minimum atomic E-state index is -3.20. The van der Waals surface area contributed by atoms with Gasteiger partial charge in [-0.05, 0) is 20.0 Å². The molecule has 0 spiro atoms. The van der Waals surface area contributed by atoms with E-state index in [4.69, 9.17) is 11.6 Å². The van der Waals surface area contributed by atoms with Gasteiger partial charge in [0.05, 0.1) is 5.75 Å². The molecule has 0 fully saturated rings. The first kappa shape index (κ1) is 15.2. The van der Waals surface area contributed by atoms with Gasteiger partial charge in [-0.25, -0.2) is 13.1 Å². The number of hydrogen-bond acceptors (Lipinski definition) is 3. The second kappa shape index (κ2) is 6.68. The van der Waals surface area contributed by atoms with Gasteiger partial charge in [0, 0.05) is 18.5 Å². The van der Waals surface area contributed by atoms with Gasteiger partial charge < -0.3 is 4.90 Å². The average molecular weight is 257 g/mol. The molecule has 0 aliphatic rings. The van der Waals surface area contributed by atoms with Crippen molar-refractivity contribution in [3.05, 3.63) is 0 Å². The van der Waals surface area contributed by atoms with E-state index >= 15 is 0 Å². The van der Waals surface area contributed by atoms with Crippen molar-refractivity contribution in [2.45, 2.75) is 19.9 Å². The van der Waals surface area contributed by atoms with Crippen LogP contribution in [0.4, 0.5) is 0 Å². The van der Waals surface area contributed by atoms with E-state index in [1.54, 1.807) is 0 Å². The molecule has 1 N–H and O–H groups in total. The van der Waals surface area contributed by atoms with E-state index in [9.17, 15) is 8.42 Å². The van der Waals surface area contributed by atoms with E-state index in [-0.39, 0.29) is 17.7 Å². The third kappa shape index (κ3) is 6.35. The summed E-state index contributed by atoms with van der Waals surface area (Å²) in [6.07, 6.45) is 0. The molecule has 15 heavy (non-hydrogen) atoms. The summed E-state index contributed by atoms with van der Waals surface area (Å²) in [5.74, 6) is 0.509. The van der Waals surface area contributed by atoms with Gasteiger partial charge in [-0.1, -0.05) is 13.8 Å². The molecule has 0 aromatic rings. The van der Waals surface area contributed by atoms with E-state index in [0.717, 1.165) is 0 Å². The molecule has 1 atom stereocenters. The standard InChI is InChI=1S/C9H21ClN2O2S/c1-8(2)9(12(3)4)7-11-15(13,14)6-5-10/h8-9,11H,5-7H2,1-4H3. The Morgan fingerprint density at radius 1 is 1.33 bits per heavy atom. The number of halogens is 1. The van der Waals surface area contributed by atoms with Crippen molar-refractivity contribution in [1.29, 1.82) is 0 Å². The first-order valence-corrected chi connectivity index (χ1v) is 7.18. The van der Waals surface area contributed by atoms with Gasteiger partial charge in [0.1, 0.15) is 0 Å². The van der Waals surface area contributed by atoms with Crippen LogP contribution in [0.25, 0.3) is 0 Å². The van der Waals surface area contributed by atoms with Crippen molar-refractivity contribution in [2.75, 3.05) is 32.3 Å². The van der Waals surface area contributed by atoms with E-state index in [1.807, 2.05) is 19.0 Å². The summed E-state index contributed by atoms with van der Waals surface area (Å²) in [6.45, 7) is 4.57. The van der Waals surface area contributed by atoms with Crippen molar-refractivity contribution in [1.82, 2.24) is 9.62 Å². The topological polar surface area (TPSA) is 49.4 Å². The minimum absolute atomic E-state index is 0.0210. The molecular weight excluding hydrogens is 236 g/mol. The molecule has 0 bridgehead atoms. The number of hydrogen-bond donors (Lipinski definition) is 1. The Labute approximate surface area is 98.0 Å². The second-order valence-corrected chi connectivity index (χ2v) is 6.44. The number of likely N-dealkylation sites (N-methyl/N-ethyl adjacent to an activating group) is 1. The molecule has 0 rings (SSSR count). The molecule has 4 nitrogen and oxygen atoms in total. The number of nitrogens with one attached hydrogen (secondary N) is 1. The summed E-state index contributed by atoms with van der Waals surface area (Å²) in [5.41, 5.74) is 0. The molecule has 0 radical (unpaired) electrons. The Hall–Kier alpha value is 0.160. The molecule has 92 valence electrons. The van der Waals surface area contributed by atoms with Gasteiger partial charge in [0.15, 0.2) is 0 Å². The van der Waals surface area contributed by atoms with Crippen LogP contribution in [0, 0.1) is 5.92 Å². The number of alkyl halides is 1. The average Bonchev–Trinajstić information content (AvgIpc) is 2.01. The molecule has 0 aliphatic carbocycles. The van der Waals surface area contributed by atoms with Crippen LogP contribution in [0.3, 0.4) is 0 Å². The van der Waals surface area contributed by atoms with Gasteiger partial charge in [-0.2, -0.15) is 0 Å². The van der Waals surface area contributed by atoms with Crippen LogP contribution in [0.15, 0.2) is 0 Å². The third-order valence-corrected chi connectivity index (χ3v) is 4.05. The van der Waals surface area contributed by atoms with Crippen LogP contribution in [0.5, 0.6) is 0 Å². The smallest absolute Gasteiger partial charge is 0.212 e. The van der Waals surface area contributed by atoms with Crippen molar-refractivity contribution in [3.8, 4) is 0 Å². The van der Waals surface area contributed by atoms with Crippen LogP contribution in [0.1, 0.15) is 13.8 Å². The van der Waals surface area contributed by atoms with Gasteiger partial charge in [0.2, 0.25) is 10.0 Å². The summed E-state index contributed by atoms with van der Waals surface area (Å²) < 4.78 is 25.3. The zero-order valence-corrected chi connectivity index (χ0v) is 11.4. The normalized spacial score (nSPS) is 14.9. The van der Waals surface area contributed by atoms with Crippen molar-refractivity contribution < 1.29 is 8.42 Å². The largest absolute Gasteiger partial charge is 0.305 e. The fraction of sp³-hybridized carbons (Fsp3) is 1.00. The highest BCUT2D eigenvalue weighted by atomic mass is 35.5. The van der Waals surface area contributed by atoms with Crippen LogP contribution in [-0.4, -0.2) is 51.6 Å². The summed E-state index contributed by atoms with van der Waals surface area (Å²) >= 11 is 5.40. The van der Waals surface area contributed by atoms with Crippen LogP contribution >= 0.6 is 11.6 Å². The lowest BCUT2D eigenvalue weighted by Gasteiger charge is -2.27. The maximum absolute atomic E-state index is 11.4. The zero-order chi connectivity index (χ0) is 12.1. The molecular formula is C9H21ClN2O2S. The Bertz CT molecular complexity index is 257. The predicted molar refractivity (Wildman–Crippen MR) is 64.8 cm³/mol. The van der Waals surface area contributed by atoms with Crippen molar-refractivity contribution in [2.24, 2.45) is 5.92 Å². The number of rotatable bonds is 7. The van der Waals surface area contributed by atoms with E-state index in [2.05, 4.69) is 18.6 Å². The minimum Gasteiger partial charge on any atom is -0.305 e. The fourth-order valence-electron chi connectivity index (χ4n) is 1.40. The summed E-state index contributed by atoms with van der Waals surface area (Å²) in [6, 6.07) is 0.204. The van der Waals surface area contributed by atoms with Gasteiger partial charge in [-0.15, -0.1) is 11.6 Å². The van der Waals surface area contributed by atoms with Crippen molar-refractivity contribution >= 4 is 21.6 Å². The highest BCUT2D eigenvalue weighted by molar-refractivity contribution is 7.89. The molecule has 0 aliphatic heterocycles. The SMILES string of the molecule is CC(C)C(CNS(=O)(=O)CCCl)N(C)C. The van der Waals surface area contributed by atoms with E-state index in [0.29, 0.717) is 12.5 Å². The maximum Gasteiger partial charge on any atom is 0.212 e. The zero-order valence-electron chi connectivity index (χ0n) is 9.83. The van der Waals surface area contributed by atoms with Crippen molar-refractivity contribution in [3.63, 3.8) is 0 Å². The number of nitrogens with zero attached hydrogens (tertiary/aromatic N) is 1. The molecule has 0 aromatic heterocycles. The fourth-order valence-corrected chi connectivity index (χ4v) is 2.78. The van der Waals surface area contributed by atoms with Gasteiger partial charge in [0.25, 0.3) is 0 Å². The summed E-state index contributed by atoms with van der Waals surface area (Å²) in [4.78, 5) is 2.02. The monoisotopic (exact) mass is 256 g/mol. The molecule has 0 amide bonds. The lowest BCUT2D eigenvalue weighted by Crippen LogP contribution is -2.44. The first-order chi connectivity index (χ1) is 6.80. The highest BCUT2D eigenvalue weighted by Gasteiger charge is 2.18. The van der Waals surface area contributed by atoms with E-state index in [1.165, 1.54) is 0 Å². The van der Waals surface area contributed by atoms with Crippen LogP contribution in [-0.2, 0) is 10.0 Å². The molecule has 0 saturated heterocycles. The molecule has 0 saturated carbocycles. The quantitative estimate of drug-likeness (QED) is 0.684. The molecule has 1 unspecified atom stereocenters. The Kier molecular flexibility index (Phi) is 6.75. The van der Waals surface area contributed by atoms with Gasteiger partial charge >= 0.3 is 0 Å². The molecule has 0 aromatic carbocycles.